The summed E-state index contributed by atoms with van der Waals surface area (Å²) < 4.78 is 5.54. The van der Waals surface area contributed by atoms with Crippen LogP contribution in [0.3, 0.4) is 0 Å². The van der Waals surface area contributed by atoms with Crippen LogP contribution in [0.5, 0.6) is 0 Å². The van der Waals surface area contributed by atoms with Gasteiger partial charge in [0.2, 0.25) is 0 Å². The van der Waals surface area contributed by atoms with E-state index in [1.165, 1.54) is 0 Å². The lowest BCUT2D eigenvalue weighted by molar-refractivity contribution is 0.0858. The van der Waals surface area contributed by atoms with Gasteiger partial charge in [-0.2, -0.15) is 0 Å². The lowest BCUT2D eigenvalue weighted by Crippen LogP contribution is -2.32. The molecule has 0 saturated carbocycles. The Morgan fingerprint density at radius 1 is 1.14 bits per heavy atom. The molecular weight excluding hydrogens is 354 g/mol. The number of aromatic amines is 1. The van der Waals surface area contributed by atoms with E-state index in [1.54, 1.807) is 24.3 Å². The molecule has 4 rings (SSSR count). The van der Waals surface area contributed by atoms with Crippen molar-refractivity contribution in [1.82, 2.24) is 10.3 Å². The average molecular weight is 377 g/mol. The Morgan fingerprint density at radius 2 is 2.00 bits per heavy atom. The van der Waals surface area contributed by atoms with Gasteiger partial charge >= 0.3 is 0 Å². The molecule has 2 aromatic carbocycles. The Morgan fingerprint density at radius 3 is 2.82 bits per heavy atom. The number of carbonyl (C=O) groups is 2. The third-order valence-corrected chi connectivity index (χ3v) is 4.96. The van der Waals surface area contributed by atoms with Crippen molar-refractivity contribution in [3.63, 3.8) is 0 Å². The van der Waals surface area contributed by atoms with Crippen molar-refractivity contribution in [3.05, 3.63) is 65.4 Å². The van der Waals surface area contributed by atoms with E-state index in [0.29, 0.717) is 23.5 Å². The maximum atomic E-state index is 12.7. The number of aromatic nitrogens is 1. The number of benzene rings is 2. The van der Waals surface area contributed by atoms with E-state index in [-0.39, 0.29) is 17.9 Å². The van der Waals surface area contributed by atoms with Crippen LogP contribution >= 0.6 is 0 Å². The first-order valence-corrected chi connectivity index (χ1v) is 9.50. The maximum Gasteiger partial charge on any atom is 0.272 e. The first-order chi connectivity index (χ1) is 13.6. The number of ether oxygens (including phenoxy) is 1. The van der Waals surface area contributed by atoms with Gasteiger partial charge in [0.05, 0.1) is 17.4 Å². The normalized spacial score (nSPS) is 16.2. The van der Waals surface area contributed by atoms with Gasteiger partial charge in [-0.25, -0.2) is 0 Å². The van der Waals surface area contributed by atoms with Crippen molar-refractivity contribution in [1.29, 1.82) is 0 Å². The Kier molecular flexibility index (Phi) is 5.12. The topological polar surface area (TPSA) is 83.2 Å². The monoisotopic (exact) mass is 377 g/mol. The number of hydrogen-bond acceptors (Lipinski definition) is 3. The molecule has 0 spiro atoms. The van der Waals surface area contributed by atoms with Gasteiger partial charge in [0, 0.05) is 24.1 Å². The number of anilines is 1. The van der Waals surface area contributed by atoms with Crippen LogP contribution in [0.4, 0.5) is 5.69 Å². The zero-order valence-electron chi connectivity index (χ0n) is 15.7. The zero-order chi connectivity index (χ0) is 19.5. The minimum absolute atomic E-state index is 0.0699. The molecule has 3 N–H and O–H groups in total. The average Bonchev–Trinajstić information content (AvgIpc) is 3.35. The molecule has 0 aliphatic carbocycles. The van der Waals surface area contributed by atoms with Crippen LogP contribution in [-0.2, 0) is 4.74 Å². The molecule has 28 heavy (non-hydrogen) atoms. The molecule has 1 saturated heterocycles. The molecule has 1 atom stereocenters. The number of nitrogens with one attached hydrogen (secondary N) is 3. The smallest absolute Gasteiger partial charge is 0.272 e. The molecule has 2 amide bonds. The number of hydrogen-bond donors (Lipinski definition) is 3. The number of aryl methyl sites for hydroxylation is 1. The Labute approximate surface area is 163 Å². The van der Waals surface area contributed by atoms with Gasteiger partial charge in [0.15, 0.2) is 0 Å². The highest BCUT2D eigenvalue weighted by atomic mass is 16.5. The number of fused-ring (bicyclic) bond motifs is 1. The van der Waals surface area contributed by atoms with Crippen LogP contribution in [0.15, 0.2) is 48.5 Å². The second-order valence-electron chi connectivity index (χ2n) is 7.12. The fraction of sp³-hybridized carbons (Fsp3) is 0.273. The quantitative estimate of drug-likeness (QED) is 0.635. The molecule has 2 heterocycles. The third kappa shape index (κ3) is 3.92. The highest BCUT2D eigenvalue weighted by molar-refractivity contribution is 6.09. The molecule has 3 aromatic rings. The Bertz CT molecular complexity index is 1020. The van der Waals surface area contributed by atoms with Crippen LogP contribution in [0.1, 0.15) is 39.3 Å². The van der Waals surface area contributed by atoms with Crippen LogP contribution in [0, 0.1) is 6.92 Å². The standard InChI is InChI=1S/C22H23N3O3/c1-14-8-9-15-12-20(24-19(15)11-14)22(27)25-18-7-3-2-6-17(18)21(26)23-13-16-5-4-10-28-16/h2-3,6-9,11-12,16,24H,4-5,10,13H2,1H3,(H,23,26)(H,25,27). The van der Waals surface area contributed by atoms with E-state index >= 15 is 0 Å². The predicted octanol–water partition coefficient (Wildman–Crippen LogP) is 3.64. The second kappa shape index (κ2) is 7.86. The number of H-pyrrole nitrogens is 1. The van der Waals surface area contributed by atoms with Gasteiger partial charge in [-0.1, -0.05) is 24.3 Å². The summed E-state index contributed by atoms with van der Waals surface area (Å²) in [6, 6.07) is 14.8. The number of rotatable bonds is 5. The molecular formula is C22H23N3O3. The van der Waals surface area contributed by atoms with E-state index in [4.69, 9.17) is 4.74 Å². The fourth-order valence-corrected chi connectivity index (χ4v) is 3.45. The van der Waals surface area contributed by atoms with E-state index < -0.39 is 0 Å². The zero-order valence-corrected chi connectivity index (χ0v) is 15.7. The molecule has 1 aliphatic rings. The van der Waals surface area contributed by atoms with Gasteiger partial charge in [0.25, 0.3) is 11.8 Å². The molecule has 0 radical (unpaired) electrons. The maximum absolute atomic E-state index is 12.7. The van der Waals surface area contributed by atoms with Gasteiger partial charge < -0.3 is 20.4 Å². The van der Waals surface area contributed by atoms with E-state index in [9.17, 15) is 9.59 Å². The van der Waals surface area contributed by atoms with E-state index in [2.05, 4.69) is 15.6 Å². The van der Waals surface area contributed by atoms with Crippen LogP contribution in [-0.4, -0.2) is 36.1 Å². The lowest BCUT2D eigenvalue weighted by Gasteiger charge is -2.13. The van der Waals surface area contributed by atoms with E-state index in [0.717, 1.165) is 35.9 Å². The third-order valence-electron chi connectivity index (χ3n) is 4.96. The highest BCUT2D eigenvalue weighted by Gasteiger charge is 2.19. The van der Waals surface area contributed by atoms with Gasteiger partial charge in [0.1, 0.15) is 5.69 Å². The summed E-state index contributed by atoms with van der Waals surface area (Å²) in [4.78, 5) is 28.4. The minimum Gasteiger partial charge on any atom is -0.376 e. The summed E-state index contributed by atoms with van der Waals surface area (Å²) >= 11 is 0. The molecule has 1 aliphatic heterocycles. The molecule has 6 heteroatoms. The number of para-hydroxylation sites is 1. The molecule has 144 valence electrons. The Balaban J connectivity index is 1.49. The molecule has 1 aromatic heterocycles. The highest BCUT2D eigenvalue weighted by Crippen LogP contribution is 2.20. The van der Waals surface area contributed by atoms with Crippen LogP contribution in [0.25, 0.3) is 10.9 Å². The first kappa shape index (κ1) is 18.3. The van der Waals surface area contributed by atoms with Crippen molar-refractivity contribution in [2.24, 2.45) is 0 Å². The Hall–Kier alpha value is -3.12. The van der Waals surface area contributed by atoms with Crippen molar-refractivity contribution >= 4 is 28.4 Å². The summed E-state index contributed by atoms with van der Waals surface area (Å²) in [5.74, 6) is -0.507. The largest absolute Gasteiger partial charge is 0.376 e. The van der Waals surface area contributed by atoms with Crippen molar-refractivity contribution < 1.29 is 14.3 Å². The van der Waals surface area contributed by atoms with Crippen molar-refractivity contribution in [3.8, 4) is 0 Å². The van der Waals surface area contributed by atoms with Crippen molar-refractivity contribution in [2.75, 3.05) is 18.5 Å². The summed E-state index contributed by atoms with van der Waals surface area (Å²) in [5, 5.41) is 6.72. The van der Waals surface area contributed by atoms with E-state index in [1.807, 2.05) is 31.2 Å². The second-order valence-corrected chi connectivity index (χ2v) is 7.12. The fourth-order valence-electron chi connectivity index (χ4n) is 3.45. The lowest BCUT2D eigenvalue weighted by atomic mass is 10.1. The number of amides is 2. The van der Waals surface area contributed by atoms with Gasteiger partial charge in [-0.05, 0) is 49.6 Å². The molecule has 6 nitrogen and oxygen atoms in total. The molecule has 0 bridgehead atoms. The van der Waals surface area contributed by atoms with Gasteiger partial charge in [-0.15, -0.1) is 0 Å². The summed E-state index contributed by atoms with van der Waals surface area (Å²) in [6.07, 6.45) is 2.05. The summed E-state index contributed by atoms with van der Waals surface area (Å²) in [5.41, 5.74) is 3.39. The number of carbonyl (C=O) groups excluding carboxylic acids is 2. The summed E-state index contributed by atoms with van der Waals surface area (Å²) in [7, 11) is 0. The summed E-state index contributed by atoms with van der Waals surface area (Å²) in [6.45, 7) is 3.23. The molecule has 1 fully saturated rings. The van der Waals surface area contributed by atoms with Crippen LogP contribution in [0.2, 0.25) is 0 Å². The first-order valence-electron chi connectivity index (χ1n) is 9.50. The van der Waals surface area contributed by atoms with Crippen LogP contribution < -0.4 is 10.6 Å². The SMILES string of the molecule is Cc1ccc2cc(C(=O)Nc3ccccc3C(=O)NCC3CCCO3)[nH]c2c1. The predicted molar refractivity (Wildman–Crippen MR) is 109 cm³/mol. The van der Waals surface area contributed by atoms with Crippen molar-refractivity contribution in [2.45, 2.75) is 25.9 Å². The molecule has 1 unspecified atom stereocenters. The van der Waals surface area contributed by atoms with Gasteiger partial charge in [-0.3, -0.25) is 9.59 Å². The minimum atomic E-state index is -0.284.